The van der Waals surface area contributed by atoms with Crippen LogP contribution in [0.2, 0.25) is 0 Å². The first-order valence-electron chi connectivity index (χ1n) is 6.49. The fraction of sp³-hybridized carbons (Fsp3) is 0.385. The second-order valence-electron chi connectivity index (χ2n) is 4.74. The molecule has 1 heterocycles. The predicted octanol–water partition coefficient (Wildman–Crippen LogP) is -0.0305. The molecule has 8 heteroatoms. The first kappa shape index (κ1) is 15.6. The highest BCUT2D eigenvalue weighted by molar-refractivity contribution is 7.88. The quantitative estimate of drug-likeness (QED) is 0.748. The zero-order valence-electron chi connectivity index (χ0n) is 11.7. The van der Waals surface area contributed by atoms with Gasteiger partial charge in [-0.05, 0) is 11.1 Å². The lowest BCUT2D eigenvalue weighted by Crippen LogP contribution is -2.27. The Morgan fingerprint density at radius 2 is 2.10 bits per heavy atom. The average molecular weight is 310 g/mol. The summed E-state index contributed by atoms with van der Waals surface area (Å²) < 4.78 is 28.3. The van der Waals surface area contributed by atoms with Gasteiger partial charge in [0.05, 0.1) is 12.4 Å². The van der Waals surface area contributed by atoms with Gasteiger partial charge in [0, 0.05) is 20.0 Å². The molecule has 0 aliphatic rings. The third-order valence-electron chi connectivity index (χ3n) is 3.01. The molecule has 0 aliphatic heterocycles. The Kier molecular flexibility index (Phi) is 5.05. The monoisotopic (exact) mass is 310 g/mol. The van der Waals surface area contributed by atoms with Gasteiger partial charge >= 0.3 is 0 Å². The van der Waals surface area contributed by atoms with Gasteiger partial charge in [-0.2, -0.15) is 0 Å². The minimum absolute atomic E-state index is 0.104. The molecule has 0 spiro atoms. The van der Waals surface area contributed by atoms with Crippen LogP contribution < -0.4 is 4.72 Å². The maximum atomic E-state index is 12.0. The molecule has 0 radical (unpaired) electrons. The molecule has 0 aliphatic carbocycles. The topological polar surface area (TPSA) is 97.1 Å². The number of hydrogen-bond acceptors (Lipinski definition) is 5. The van der Waals surface area contributed by atoms with Gasteiger partial charge in [-0.15, -0.1) is 10.2 Å². The SMILES string of the molecule is Cn1cnnc1CCNS(=O)(=O)Cc1cccc(CO)c1. The Labute approximate surface area is 123 Å². The lowest BCUT2D eigenvalue weighted by Gasteiger charge is -2.07. The van der Waals surface area contributed by atoms with E-state index >= 15 is 0 Å². The number of rotatable bonds is 7. The smallest absolute Gasteiger partial charge is 0.215 e. The maximum Gasteiger partial charge on any atom is 0.215 e. The predicted molar refractivity (Wildman–Crippen MR) is 77.7 cm³/mol. The molecule has 0 atom stereocenters. The Morgan fingerprint density at radius 1 is 1.33 bits per heavy atom. The molecule has 114 valence electrons. The fourth-order valence-corrected chi connectivity index (χ4v) is 3.07. The van der Waals surface area contributed by atoms with Crippen LogP contribution in [0.1, 0.15) is 17.0 Å². The zero-order valence-corrected chi connectivity index (χ0v) is 12.5. The minimum Gasteiger partial charge on any atom is -0.392 e. The standard InChI is InChI=1S/C13H18N4O3S/c1-17-10-14-16-13(17)5-6-15-21(19,20)9-12-4-2-3-11(7-12)8-18/h2-4,7,10,15,18H,5-6,8-9H2,1H3. The van der Waals surface area contributed by atoms with Crippen LogP contribution in [-0.2, 0) is 35.9 Å². The van der Waals surface area contributed by atoms with E-state index in [1.807, 2.05) is 7.05 Å². The molecule has 0 amide bonds. The number of aryl methyl sites for hydroxylation is 1. The minimum atomic E-state index is -3.41. The van der Waals surface area contributed by atoms with E-state index in [0.717, 1.165) is 5.82 Å². The largest absolute Gasteiger partial charge is 0.392 e. The molecule has 0 saturated carbocycles. The Balaban J connectivity index is 1.91. The van der Waals surface area contributed by atoms with E-state index in [1.54, 1.807) is 35.2 Å². The lowest BCUT2D eigenvalue weighted by atomic mass is 10.1. The van der Waals surface area contributed by atoms with Crippen molar-refractivity contribution >= 4 is 10.0 Å². The summed E-state index contributed by atoms with van der Waals surface area (Å²) in [5, 5.41) is 16.7. The van der Waals surface area contributed by atoms with Crippen molar-refractivity contribution in [1.82, 2.24) is 19.5 Å². The number of aromatic nitrogens is 3. The molecule has 1 aromatic carbocycles. The number of nitrogens with zero attached hydrogens (tertiary/aromatic N) is 3. The van der Waals surface area contributed by atoms with Crippen molar-refractivity contribution < 1.29 is 13.5 Å². The summed E-state index contributed by atoms with van der Waals surface area (Å²) >= 11 is 0. The summed E-state index contributed by atoms with van der Waals surface area (Å²) in [7, 11) is -1.61. The van der Waals surface area contributed by atoms with Gasteiger partial charge in [0.15, 0.2) is 0 Å². The van der Waals surface area contributed by atoms with Gasteiger partial charge in [0.2, 0.25) is 10.0 Å². The van der Waals surface area contributed by atoms with Gasteiger partial charge < -0.3 is 9.67 Å². The Hall–Kier alpha value is -1.77. The van der Waals surface area contributed by atoms with Crippen LogP contribution >= 0.6 is 0 Å². The molecule has 2 rings (SSSR count). The van der Waals surface area contributed by atoms with Crippen molar-refractivity contribution in [3.05, 3.63) is 47.5 Å². The van der Waals surface area contributed by atoms with Crippen molar-refractivity contribution in [2.24, 2.45) is 7.05 Å². The summed E-state index contributed by atoms with van der Waals surface area (Å²) in [5.41, 5.74) is 1.34. The van der Waals surface area contributed by atoms with Gasteiger partial charge in [-0.1, -0.05) is 24.3 Å². The lowest BCUT2D eigenvalue weighted by molar-refractivity contribution is 0.282. The number of aliphatic hydroxyl groups is 1. The highest BCUT2D eigenvalue weighted by atomic mass is 32.2. The van der Waals surface area contributed by atoms with Crippen molar-refractivity contribution in [1.29, 1.82) is 0 Å². The first-order chi connectivity index (χ1) is 10.00. The summed E-state index contributed by atoms with van der Waals surface area (Å²) in [5.74, 6) is 0.611. The third kappa shape index (κ3) is 4.62. The number of hydrogen-bond donors (Lipinski definition) is 2. The highest BCUT2D eigenvalue weighted by Crippen LogP contribution is 2.08. The molecule has 7 nitrogen and oxygen atoms in total. The molecular formula is C13H18N4O3S. The maximum absolute atomic E-state index is 12.0. The van der Waals surface area contributed by atoms with E-state index in [2.05, 4.69) is 14.9 Å². The summed E-state index contributed by atoms with van der Waals surface area (Å²) in [6.45, 7) is 0.169. The van der Waals surface area contributed by atoms with Crippen LogP contribution in [0.15, 0.2) is 30.6 Å². The summed E-state index contributed by atoms with van der Waals surface area (Å²) in [6, 6.07) is 6.89. The van der Waals surface area contributed by atoms with Crippen LogP contribution in [0, 0.1) is 0 Å². The molecule has 0 bridgehead atoms. The molecule has 2 N–H and O–H groups in total. The van der Waals surface area contributed by atoms with Gasteiger partial charge in [-0.25, -0.2) is 13.1 Å². The summed E-state index contributed by atoms with van der Waals surface area (Å²) in [6.07, 6.45) is 2.05. The van der Waals surface area contributed by atoms with E-state index < -0.39 is 10.0 Å². The molecule has 0 unspecified atom stereocenters. The van der Waals surface area contributed by atoms with Crippen LogP contribution in [-0.4, -0.2) is 34.8 Å². The molecular weight excluding hydrogens is 292 g/mol. The van der Waals surface area contributed by atoms with Crippen molar-refractivity contribution in [3.8, 4) is 0 Å². The van der Waals surface area contributed by atoms with Crippen LogP contribution in [0.25, 0.3) is 0 Å². The van der Waals surface area contributed by atoms with Crippen molar-refractivity contribution in [3.63, 3.8) is 0 Å². The highest BCUT2D eigenvalue weighted by Gasteiger charge is 2.12. The molecule has 21 heavy (non-hydrogen) atoms. The van der Waals surface area contributed by atoms with Crippen LogP contribution in [0.5, 0.6) is 0 Å². The third-order valence-corrected chi connectivity index (χ3v) is 4.36. The van der Waals surface area contributed by atoms with Crippen molar-refractivity contribution in [2.75, 3.05) is 6.54 Å². The van der Waals surface area contributed by atoms with E-state index in [-0.39, 0.29) is 18.9 Å². The zero-order chi connectivity index (χ0) is 15.3. The van der Waals surface area contributed by atoms with Gasteiger partial charge in [0.1, 0.15) is 12.2 Å². The number of sulfonamides is 1. The normalized spacial score (nSPS) is 11.7. The van der Waals surface area contributed by atoms with Gasteiger partial charge in [0.25, 0.3) is 0 Å². The van der Waals surface area contributed by atoms with Gasteiger partial charge in [-0.3, -0.25) is 0 Å². The number of benzene rings is 1. The van der Waals surface area contributed by atoms with Crippen LogP contribution in [0.4, 0.5) is 0 Å². The van der Waals surface area contributed by atoms with Crippen molar-refractivity contribution in [2.45, 2.75) is 18.8 Å². The number of aliphatic hydroxyl groups excluding tert-OH is 1. The molecule has 2 aromatic rings. The van der Waals surface area contributed by atoms with Crippen LogP contribution in [0.3, 0.4) is 0 Å². The molecule has 0 saturated heterocycles. The van der Waals surface area contributed by atoms with E-state index in [9.17, 15) is 8.42 Å². The van der Waals surface area contributed by atoms with E-state index in [1.165, 1.54) is 0 Å². The Morgan fingerprint density at radius 3 is 2.76 bits per heavy atom. The number of nitrogens with one attached hydrogen (secondary N) is 1. The molecule has 0 fully saturated rings. The van der Waals surface area contributed by atoms with E-state index in [4.69, 9.17) is 5.11 Å². The second-order valence-corrected chi connectivity index (χ2v) is 6.55. The summed E-state index contributed by atoms with van der Waals surface area (Å²) in [4.78, 5) is 0. The van der Waals surface area contributed by atoms with E-state index in [0.29, 0.717) is 17.5 Å². The Bertz CT molecular complexity index is 697. The average Bonchev–Trinajstić information content (AvgIpc) is 2.84. The first-order valence-corrected chi connectivity index (χ1v) is 8.14. The second kappa shape index (κ2) is 6.79. The fourth-order valence-electron chi connectivity index (χ4n) is 1.94. The molecule has 1 aromatic heterocycles.